The summed E-state index contributed by atoms with van der Waals surface area (Å²) in [7, 11) is 0. The first-order valence-electron chi connectivity index (χ1n) is 8.94. The van der Waals surface area contributed by atoms with Gasteiger partial charge in [-0.1, -0.05) is 41.9 Å². The van der Waals surface area contributed by atoms with Crippen molar-refractivity contribution < 1.29 is 19.4 Å². The molecular formula is C21H22ClNO4. The van der Waals surface area contributed by atoms with Crippen LogP contribution in [-0.4, -0.2) is 30.1 Å². The third-order valence-corrected chi connectivity index (χ3v) is 5.18. The summed E-state index contributed by atoms with van der Waals surface area (Å²) in [5.41, 5.74) is 1.75. The van der Waals surface area contributed by atoms with E-state index in [9.17, 15) is 9.59 Å². The lowest BCUT2D eigenvalue weighted by Crippen LogP contribution is -2.34. The van der Waals surface area contributed by atoms with Crippen molar-refractivity contribution in [1.82, 2.24) is 5.32 Å². The molecule has 5 nitrogen and oxygen atoms in total. The van der Waals surface area contributed by atoms with E-state index in [1.165, 1.54) is 0 Å². The molecule has 0 heterocycles. The second-order valence-corrected chi connectivity index (χ2v) is 7.29. The maximum absolute atomic E-state index is 12.6. The van der Waals surface area contributed by atoms with Crippen LogP contribution in [0.2, 0.25) is 5.02 Å². The first-order valence-corrected chi connectivity index (χ1v) is 9.32. The van der Waals surface area contributed by atoms with Gasteiger partial charge in [0.1, 0.15) is 5.75 Å². The summed E-state index contributed by atoms with van der Waals surface area (Å²) in [6.45, 7) is 0.196. The number of amides is 1. The number of halogens is 1. The highest BCUT2D eigenvalue weighted by molar-refractivity contribution is 6.31. The lowest BCUT2D eigenvalue weighted by Gasteiger charge is -2.16. The van der Waals surface area contributed by atoms with Crippen LogP contribution in [0.1, 0.15) is 24.0 Å². The fraction of sp³-hybridized carbons (Fsp3) is 0.333. The summed E-state index contributed by atoms with van der Waals surface area (Å²) in [6, 6.07) is 14.9. The van der Waals surface area contributed by atoms with Gasteiger partial charge in [0.25, 0.3) is 0 Å². The van der Waals surface area contributed by atoms with Gasteiger partial charge in [-0.3, -0.25) is 4.79 Å². The molecule has 2 aromatic rings. The van der Waals surface area contributed by atoms with Gasteiger partial charge in [0, 0.05) is 11.6 Å². The fourth-order valence-corrected chi connectivity index (χ4v) is 3.25. The molecule has 1 fully saturated rings. The van der Waals surface area contributed by atoms with E-state index in [4.69, 9.17) is 21.4 Å². The third kappa shape index (κ3) is 5.23. The zero-order valence-electron chi connectivity index (χ0n) is 14.9. The van der Waals surface area contributed by atoms with Gasteiger partial charge in [0.15, 0.2) is 6.61 Å². The van der Waals surface area contributed by atoms with Gasteiger partial charge < -0.3 is 15.2 Å². The third-order valence-electron chi connectivity index (χ3n) is 4.81. The minimum atomic E-state index is -1.01. The average Bonchev–Trinajstić information content (AvgIpc) is 3.44. The molecule has 1 aliphatic carbocycles. The largest absolute Gasteiger partial charge is 0.482 e. The summed E-state index contributed by atoms with van der Waals surface area (Å²) in [6.07, 6.45) is 3.15. The molecule has 0 bridgehead atoms. The number of carboxylic acid groups (broad SMARTS) is 1. The van der Waals surface area contributed by atoms with Crippen LogP contribution in [0.15, 0.2) is 48.5 Å². The molecule has 1 aliphatic rings. The number of carboxylic acids is 1. The van der Waals surface area contributed by atoms with Crippen molar-refractivity contribution in [1.29, 1.82) is 0 Å². The zero-order chi connectivity index (χ0) is 19.3. The molecule has 2 aromatic carbocycles. The Morgan fingerprint density at radius 1 is 1.11 bits per heavy atom. The lowest BCUT2D eigenvalue weighted by atomic mass is 9.95. The van der Waals surface area contributed by atoms with Crippen molar-refractivity contribution in [2.24, 2.45) is 5.41 Å². The molecule has 0 unspecified atom stereocenters. The van der Waals surface area contributed by atoms with Gasteiger partial charge in [-0.05, 0) is 55.0 Å². The van der Waals surface area contributed by atoms with E-state index >= 15 is 0 Å². The Kier molecular flexibility index (Phi) is 6.01. The molecule has 0 spiro atoms. The monoisotopic (exact) mass is 387 g/mol. The molecule has 27 heavy (non-hydrogen) atoms. The predicted octanol–water partition coefficient (Wildman–Crippen LogP) is 3.49. The van der Waals surface area contributed by atoms with Gasteiger partial charge in [0.2, 0.25) is 5.91 Å². The minimum absolute atomic E-state index is 0.0869. The van der Waals surface area contributed by atoms with E-state index in [1.54, 1.807) is 12.1 Å². The molecule has 0 aliphatic heterocycles. The molecule has 2 N–H and O–H groups in total. The number of nitrogens with one attached hydrogen (secondary N) is 1. The van der Waals surface area contributed by atoms with E-state index in [0.717, 1.165) is 24.0 Å². The quantitative estimate of drug-likeness (QED) is 0.690. The Morgan fingerprint density at radius 2 is 1.81 bits per heavy atom. The van der Waals surface area contributed by atoms with E-state index in [0.29, 0.717) is 30.2 Å². The number of benzene rings is 2. The van der Waals surface area contributed by atoms with E-state index in [2.05, 4.69) is 5.32 Å². The smallest absolute Gasteiger partial charge is 0.341 e. The molecule has 6 heteroatoms. The van der Waals surface area contributed by atoms with Crippen molar-refractivity contribution in [3.63, 3.8) is 0 Å². The van der Waals surface area contributed by atoms with Crippen LogP contribution in [0.25, 0.3) is 0 Å². The number of carbonyl (C=O) groups is 2. The number of rotatable bonds is 9. The number of carbonyl (C=O) groups excluding carboxylic acids is 1. The second kappa shape index (κ2) is 8.44. The van der Waals surface area contributed by atoms with Crippen LogP contribution >= 0.6 is 11.6 Å². The normalized spacial score (nSPS) is 14.4. The maximum atomic E-state index is 12.6. The second-order valence-electron chi connectivity index (χ2n) is 6.88. The summed E-state index contributed by atoms with van der Waals surface area (Å²) < 4.78 is 5.10. The zero-order valence-corrected chi connectivity index (χ0v) is 15.7. The summed E-state index contributed by atoms with van der Waals surface area (Å²) in [5, 5.41) is 12.4. The van der Waals surface area contributed by atoms with Crippen LogP contribution in [0.3, 0.4) is 0 Å². The summed E-state index contributed by atoms with van der Waals surface area (Å²) >= 11 is 6.23. The molecule has 0 radical (unpaired) electrons. The van der Waals surface area contributed by atoms with Crippen molar-refractivity contribution in [3.05, 3.63) is 64.7 Å². The topological polar surface area (TPSA) is 75.6 Å². The van der Waals surface area contributed by atoms with Crippen LogP contribution in [-0.2, 0) is 22.4 Å². The van der Waals surface area contributed by atoms with Gasteiger partial charge in [-0.25, -0.2) is 4.79 Å². The van der Waals surface area contributed by atoms with Crippen LogP contribution < -0.4 is 10.1 Å². The Labute approximate surface area is 163 Å². The number of hydrogen-bond donors (Lipinski definition) is 2. The summed E-state index contributed by atoms with van der Waals surface area (Å²) in [4.78, 5) is 23.1. The molecule has 0 aromatic heterocycles. The van der Waals surface area contributed by atoms with Gasteiger partial charge in [-0.2, -0.15) is 0 Å². The first-order chi connectivity index (χ1) is 13.0. The molecule has 142 valence electrons. The van der Waals surface area contributed by atoms with E-state index < -0.39 is 5.97 Å². The predicted molar refractivity (Wildman–Crippen MR) is 103 cm³/mol. The molecular weight excluding hydrogens is 366 g/mol. The number of hydrogen-bond acceptors (Lipinski definition) is 3. The average molecular weight is 388 g/mol. The van der Waals surface area contributed by atoms with E-state index in [-0.39, 0.29) is 17.9 Å². The highest BCUT2D eigenvalue weighted by Crippen LogP contribution is 2.49. The highest BCUT2D eigenvalue weighted by atomic mass is 35.5. The minimum Gasteiger partial charge on any atom is -0.482 e. The van der Waals surface area contributed by atoms with Crippen LogP contribution in [0, 0.1) is 5.41 Å². The van der Waals surface area contributed by atoms with Crippen molar-refractivity contribution in [3.8, 4) is 5.75 Å². The summed E-state index contributed by atoms with van der Waals surface area (Å²) in [5.74, 6) is -0.404. The van der Waals surface area contributed by atoms with Crippen molar-refractivity contribution in [2.45, 2.75) is 25.7 Å². The molecule has 1 amide bonds. The standard InChI is InChI=1S/C21H22ClNO4/c22-18-4-2-1-3-16(18)13-21(10-11-21)20(26)23-12-9-15-5-7-17(8-6-15)27-14-19(24)25/h1-8H,9-14H2,(H,23,26)(H,24,25). The maximum Gasteiger partial charge on any atom is 0.341 e. The number of ether oxygens (including phenoxy) is 1. The van der Waals surface area contributed by atoms with Gasteiger partial charge >= 0.3 is 5.97 Å². The van der Waals surface area contributed by atoms with Gasteiger partial charge in [-0.15, -0.1) is 0 Å². The molecule has 1 saturated carbocycles. The Balaban J connectivity index is 1.47. The Bertz CT molecular complexity index is 815. The van der Waals surface area contributed by atoms with Crippen molar-refractivity contribution >= 4 is 23.5 Å². The number of aliphatic carboxylic acids is 1. The Morgan fingerprint density at radius 3 is 2.44 bits per heavy atom. The Hall–Kier alpha value is -2.53. The first kappa shape index (κ1) is 19.2. The van der Waals surface area contributed by atoms with Crippen molar-refractivity contribution in [2.75, 3.05) is 13.2 Å². The fourth-order valence-electron chi connectivity index (χ4n) is 3.05. The molecule has 3 rings (SSSR count). The lowest BCUT2D eigenvalue weighted by molar-refractivity contribution is -0.139. The molecule has 0 saturated heterocycles. The van der Waals surface area contributed by atoms with Gasteiger partial charge in [0.05, 0.1) is 5.41 Å². The molecule has 0 atom stereocenters. The highest BCUT2D eigenvalue weighted by Gasteiger charge is 2.49. The SMILES string of the molecule is O=C(O)COc1ccc(CCNC(=O)C2(Cc3ccccc3Cl)CC2)cc1. The van der Waals surface area contributed by atoms with Crippen LogP contribution in [0.5, 0.6) is 5.75 Å². The van der Waals surface area contributed by atoms with Crippen LogP contribution in [0.4, 0.5) is 0 Å². The van der Waals surface area contributed by atoms with E-state index in [1.807, 2.05) is 36.4 Å².